The molecular weight excluding hydrogens is 430 g/mol. The van der Waals surface area contributed by atoms with Gasteiger partial charge in [0.15, 0.2) is 0 Å². The molecule has 0 aliphatic heterocycles. The maximum atomic E-state index is 13.0. The number of ether oxygens (including phenoxy) is 2. The monoisotopic (exact) mass is 457 g/mol. The fourth-order valence-corrected chi connectivity index (χ4v) is 3.06. The van der Waals surface area contributed by atoms with Crippen molar-refractivity contribution in [3.8, 4) is 11.5 Å². The molecule has 0 saturated carbocycles. The van der Waals surface area contributed by atoms with Crippen LogP contribution < -0.4 is 20.3 Å². The SMILES string of the molecule is COc1cc(/C=C(\C(=O)NCCCCCC(=O)NO)c2ccc([N+](=O)[O-])cc2)cc(OC)c1. The number of unbranched alkanes of at least 4 members (excludes halogenated alkanes) is 2. The van der Waals surface area contributed by atoms with Gasteiger partial charge in [0.25, 0.3) is 11.6 Å². The predicted octanol–water partition coefficient (Wildman–Crippen LogP) is 3.33. The lowest BCUT2D eigenvalue weighted by Crippen LogP contribution is -2.25. The van der Waals surface area contributed by atoms with E-state index in [1.165, 1.54) is 38.5 Å². The van der Waals surface area contributed by atoms with E-state index in [1.54, 1.807) is 29.8 Å². The summed E-state index contributed by atoms with van der Waals surface area (Å²) in [6.45, 7) is 0.380. The number of non-ortho nitro benzene ring substituents is 1. The second kappa shape index (κ2) is 12.8. The van der Waals surface area contributed by atoms with Crippen LogP contribution in [0.2, 0.25) is 0 Å². The quantitative estimate of drug-likeness (QED) is 0.111. The fourth-order valence-electron chi connectivity index (χ4n) is 3.06. The smallest absolute Gasteiger partial charge is 0.269 e. The molecule has 0 unspecified atom stereocenters. The van der Waals surface area contributed by atoms with Gasteiger partial charge in [-0.3, -0.25) is 24.9 Å². The van der Waals surface area contributed by atoms with Gasteiger partial charge in [0.05, 0.1) is 19.1 Å². The summed E-state index contributed by atoms with van der Waals surface area (Å²) in [4.78, 5) is 34.5. The largest absolute Gasteiger partial charge is 0.497 e. The highest BCUT2D eigenvalue weighted by atomic mass is 16.6. The molecule has 2 aromatic carbocycles. The van der Waals surface area contributed by atoms with E-state index in [2.05, 4.69) is 5.32 Å². The first-order valence-corrected chi connectivity index (χ1v) is 10.3. The van der Waals surface area contributed by atoms with Gasteiger partial charge in [-0.25, -0.2) is 5.48 Å². The summed E-state index contributed by atoms with van der Waals surface area (Å²) in [6.07, 6.45) is 3.78. The molecule has 0 spiro atoms. The van der Waals surface area contributed by atoms with E-state index in [9.17, 15) is 19.7 Å². The van der Waals surface area contributed by atoms with Gasteiger partial charge in [-0.05, 0) is 54.3 Å². The Morgan fingerprint density at radius 2 is 1.67 bits per heavy atom. The number of carbonyl (C=O) groups excluding carboxylic acids is 2. The minimum Gasteiger partial charge on any atom is -0.497 e. The first kappa shape index (κ1) is 25.3. The first-order valence-electron chi connectivity index (χ1n) is 10.3. The third kappa shape index (κ3) is 7.93. The van der Waals surface area contributed by atoms with Gasteiger partial charge in [0, 0.05) is 36.7 Å². The van der Waals surface area contributed by atoms with Crippen molar-refractivity contribution in [1.29, 1.82) is 0 Å². The van der Waals surface area contributed by atoms with E-state index >= 15 is 0 Å². The summed E-state index contributed by atoms with van der Waals surface area (Å²) in [5.41, 5.74) is 3.00. The van der Waals surface area contributed by atoms with Crippen molar-refractivity contribution < 1.29 is 29.2 Å². The van der Waals surface area contributed by atoms with Crippen LogP contribution >= 0.6 is 0 Å². The Labute approximate surface area is 191 Å². The zero-order valence-electron chi connectivity index (χ0n) is 18.5. The number of amides is 2. The van der Waals surface area contributed by atoms with Crippen LogP contribution in [-0.4, -0.2) is 42.7 Å². The van der Waals surface area contributed by atoms with Crippen LogP contribution in [0.25, 0.3) is 11.6 Å². The molecular formula is C23H27N3O7. The van der Waals surface area contributed by atoms with Crippen LogP contribution in [0.5, 0.6) is 11.5 Å². The van der Waals surface area contributed by atoms with Crippen LogP contribution in [-0.2, 0) is 9.59 Å². The van der Waals surface area contributed by atoms with Gasteiger partial charge in [-0.15, -0.1) is 0 Å². The van der Waals surface area contributed by atoms with Gasteiger partial charge in [0.2, 0.25) is 5.91 Å². The number of nitrogens with one attached hydrogen (secondary N) is 2. The summed E-state index contributed by atoms with van der Waals surface area (Å²) < 4.78 is 10.6. The number of methoxy groups -OCH3 is 2. The number of nitro groups is 1. The maximum absolute atomic E-state index is 13.0. The molecule has 176 valence electrons. The third-order valence-electron chi connectivity index (χ3n) is 4.81. The molecule has 33 heavy (non-hydrogen) atoms. The highest BCUT2D eigenvalue weighted by Gasteiger charge is 2.15. The van der Waals surface area contributed by atoms with Crippen LogP contribution in [0, 0.1) is 10.1 Å². The van der Waals surface area contributed by atoms with Crippen molar-refractivity contribution >= 4 is 29.2 Å². The molecule has 2 amide bonds. The van der Waals surface area contributed by atoms with Crippen molar-refractivity contribution in [2.24, 2.45) is 0 Å². The van der Waals surface area contributed by atoms with Gasteiger partial charge in [-0.1, -0.05) is 6.42 Å². The van der Waals surface area contributed by atoms with Crippen molar-refractivity contribution in [2.75, 3.05) is 20.8 Å². The number of nitrogens with zero attached hydrogens (tertiary/aromatic N) is 1. The van der Waals surface area contributed by atoms with Crippen molar-refractivity contribution in [2.45, 2.75) is 25.7 Å². The zero-order chi connectivity index (χ0) is 24.2. The molecule has 0 heterocycles. The fraction of sp³-hybridized carbons (Fsp3) is 0.304. The highest BCUT2D eigenvalue weighted by Crippen LogP contribution is 2.27. The van der Waals surface area contributed by atoms with Gasteiger partial charge < -0.3 is 14.8 Å². The second-order valence-electron chi connectivity index (χ2n) is 7.11. The maximum Gasteiger partial charge on any atom is 0.269 e. The summed E-state index contributed by atoms with van der Waals surface area (Å²) >= 11 is 0. The molecule has 0 aromatic heterocycles. The van der Waals surface area contributed by atoms with Crippen molar-refractivity contribution in [3.63, 3.8) is 0 Å². The van der Waals surface area contributed by atoms with E-state index < -0.39 is 10.8 Å². The molecule has 10 heteroatoms. The standard InChI is InChI=1S/C23H27N3O7/c1-32-19-12-16(13-20(15-19)33-2)14-21(17-7-9-18(10-8-17)26(30)31)23(28)24-11-5-3-4-6-22(27)25-29/h7-10,12-15,29H,3-6,11H2,1-2H3,(H,24,28)(H,25,27)/b21-14-. The second-order valence-corrected chi connectivity index (χ2v) is 7.11. The third-order valence-corrected chi connectivity index (χ3v) is 4.81. The van der Waals surface area contributed by atoms with E-state index in [1.807, 2.05) is 0 Å². The van der Waals surface area contributed by atoms with Crippen LogP contribution in [0.3, 0.4) is 0 Å². The van der Waals surface area contributed by atoms with Crippen LogP contribution in [0.1, 0.15) is 36.8 Å². The topological polar surface area (TPSA) is 140 Å². The molecule has 0 bridgehead atoms. The summed E-state index contributed by atoms with van der Waals surface area (Å²) in [6, 6.07) is 10.9. The lowest BCUT2D eigenvalue weighted by atomic mass is 10.0. The number of hydrogen-bond acceptors (Lipinski definition) is 7. The molecule has 0 aliphatic carbocycles. The lowest BCUT2D eigenvalue weighted by Gasteiger charge is -2.11. The molecule has 0 radical (unpaired) electrons. The predicted molar refractivity (Wildman–Crippen MR) is 122 cm³/mol. The Bertz CT molecular complexity index is 981. The number of nitro benzene ring substituents is 1. The minimum atomic E-state index is -0.503. The van der Waals surface area contributed by atoms with Crippen molar-refractivity contribution in [1.82, 2.24) is 10.8 Å². The van der Waals surface area contributed by atoms with Gasteiger partial charge >= 0.3 is 0 Å². The van der Waals surface area contributed by atoms with E-state index in [-0.39, 0.29) is 18.0 Å². The van der Waals surface area contributed by atoms with Gasteiger partial charge in [0.1, 0.15) is 11.5 Å². The molecule has 0 fully saturated rings. The molecule has 10 nitrogen and oxygen atoms in total. The van der Waals surface area contributed by atoms with Crippen LogP contribution in [0.4, 0.5) is 5.69 Å². The Morgan fingerprint density at radius 1 is 1.03 bits per heavy atom. The number of rotatable bonds is 12. The average molecular weight is 457 g/mol. The molecule has 2 aromatic rings. The molecule has 0 atom stereocenters. The number of hydroxylamine groups is 1. The van der Waals surface area contributed by atoms with E-state index in [0.29, 0.717) is 54.0 Å². The summed E-state index contributed by atoms with van der Waals surface area (Å²) in [5.74, 6) is 0.307. The van der Waals surface area contributed by atoms with Crippen molar-refractivity contribution in [3.05, 3.63) is 63.7 Å². The Kier molecular flexibility index (Phi) is 9.84. The molecule has 3 N–H and O–H groups in total. The van der Waals surface area contributed by atoms with Crippen LogP contribution in [0.15, 0.2) is 42.5 Å². The molecule has 0 aliphatic rings. The first-order chi connectivity index (χ1) is 15.9. The Morgan fingerprint density at radius 3 is 2.21 bits per heavy atom. The average Bonchev–Trinajstić information content (AvgIpc) is 2.83. The molecule has 0 saturated heterocycles. The van der Waals surface area contributed by atoms with E-state index in [4.69, 9.17) is 14.7 Å². The lowest BCUT2D eigenvalue weighted by molar-refractivity contribution is -0.384. The number of benzene rings is 2. The van der Waals surface area contributed by atoms with E-state index in [0.717, 1.165) is 0 Å². The highest BCUT2D eigenvalue weighted by molar-refractivity contribution is 6.24. The molecule has 2 rings (SSSR count). The normalized spacial score (nSPS) is 10.9. The van der Waals surface area contributed by atoms with Gasteiger partial charge in [-0.2, -0.15) is 0 Å². The number of carbonyl (C=O) groups is 2. The Hall–Kier alpha value is -3.92. The number of hydrogen-bond donors (Lipinski definition) is 3. The summed E-state index contributed by atoms with van der Waals surface area (Å²) in [5, 5.41) is 22.3. The minimum absolute atomic E-state index is 0.0755. The summed E-state index contributed by atoms with van der Waals surface area (Å²) in [7, 11) is 3.05. The Balaban J connectivity index is 2.22. The zero-order valence-corrected chi connectivity index (χ0v) is 18.5.